The van der Waals surface area contributed by atoms with Gasteiger partial charge in [-0.2, -0.15) is 5.26 Å². The fourth-order valence-corrected chi connectivity index (χ4v) is 2.23. The molecular weight excluding hydrogens is 196 g/mol. The summed E-state index contributed by atoms with van der Waals surface area (Å²) in [4.78, 5) is 3.98. The number of aromatic nitrogens is 1. The molecule has 0 aliphatic heterocycles. The minimum atomic E-state index is -0.221. The Bertz CT molecular complexity index is 394. The summed E-state index contributed by atoms with van der Waals surface area (Å²) in [6, 6.07) is 6.41. The molecule has 0 radical (unpaired) electrons. The van der Waals surface area contributed by atoms with Crippen LogP contribution >= 0.6 is 0 Å². The Hall–Kier alpha value is -1.62. The van der Waals surface area contributed by atoms with Gasteiger partial charge in [0.2, 0.25) is 0 Å². The molecule has 0 atom stereocenters. The lowest BCUT2D eigenvalue weighted by Gasteiger charge is -2.27. The third-order valence-electron chi connectivity index (χ3n) is 3.27. The highest BCUT2D eigenvalue weighted by atomic mass is 14.6. The monoisotopic (exact) mass is 212 g/mol. The molecule has 1 saturated carbocycles. The van der Waals surface area contributed by atoms with Crippen molar-refractivity contribution in [2.75, 3.05) is 0 Å². The van der Waals surface area contributed by atoms with Crippen molar-refractivity contribution in [3.8, 4) is 6.07 Å². The summed E-state index contributed by atoms with van der Waals surface area (Å²) in [5.74, 6) is 0. The van der Waals surface area contributed by atoms with Gasteiger partial charge in [-0.3, -0.25) is 4.98 Å². The molecule has 2 heteroatoms. The van der Waals surface area contributed by atoms with Crippen molar-refractivity contribution in [2.24, 2.45) is 5.41 Å². The van der Waals surface area contributed by atoms with E-state index < -0.39 is 0 Å². The predicted octanol–water partition coefficient (Wildman–Crippen LogP) is 3.57. The van der Waals surface area contributed by atoms with E-state index in [1.54, 1.807) is 12.4 Å². The second-order valence-corrected chi connectivity index (χ2v) is 4.44. The molecule has 0 saturated heterocycles. The molecule has 1 heterocycles. The molecule has 2 nitrogen and oxygen atoms in total. The molecule has 0 bridgehead atoms. The van der Waals surface area contributed by atoms with Gasteiger partial charge in [-0.25, -0.2) is 0 Å². The van der Waals surface area contributed by atoms with Gasteiger partial charge in [0.05, 0.1) is 11.5 Å². The zero-order valence-electron chi connectivity index (χ0n) is 9.39. The topological polar surface area (TPSA) is 36.7 Å². The van der Waals surface area contributed by atoms with Gasteiger partial charge < -0.3 is 0 Å². The minimum absolute atomic E-state index is 0.221. The molecule has 16 heavy (non-hydrogen) atoms. The van der Waals surface area contributed by atoms with Crippen LogP contribution < -0.4 is 0 Å². The van der Waals surface area contributed by atoms with Gasteiger partial charge >= 0.3 is 0 Å². The van der Waals surface area contributed by atoms with Crippen molar-refractivity contribution in [2.45, 2.75) is 32.1 Å². The Kier molecular flexibility index (Phi) is 3.36. The normalized spacial score (nSPS) is 19.4. The molecule has 82 valence electrons. The first-order valence-electron chi connectivity index (χ1n) is 5.85. The van der Waals surface area contributed by atoms with E-state index in [2.05, 4.69) is 23.2 Å². The van der Waals surface area contributed by atoms with E-state index in [4.69, 9.17) is 0 Å². The summed E-state index contributed by atoms with van der Waals surface area (Å²) in [6.07, 6.45) is 13.3. The molecule has 0 unspecified atom stereocenters. The van der Waals surface area contributed by atoms with Gasteiger partial charge in [-0.1, -0.05) is 31.4 Å². The fourth-order valence-electron chi connectivity index (χ4n) is 2.23. The number of nitriles is 1. The lowest BCUT2D eigenvalue weighted by atomic mass is 9.75. The van der Waals surface area contributed by atoms with Crippen LogP contribution in [0.3, 0.4) is 0 Å². The number of hydrogen-bond donors (Lipinski definition) is 0. The van der Waals surface area contributed by atoms with Crippen molar-refractivity contribution in [3.63, 3.8) is 0 Å². The number of hydrogen-bond acceptors (Lipinski definition) is 2. The molecule has 0 spiro atoms. The van der Waals surface area contributed by atoms with Crippen molar-refractivity contribution < 1.29 is 0 Å². The Morgan fingerprint density at radius 3 is 2.50 bits per heavy atom. The van der Waals surface area contributed by atoms with Crippen LogP contribution in [0.4, 0.5) is 0 Å². The molecule has 0 N–H and O–H groups in total. The predicted molar refractivity (Wildman–Crippen MR) is 64.4 cm³/mol. The highest BCUT2D eigenvalue weighted by Gasteiger charge is 2.28. The smallest absolute Gasteiger partial charge is 0.0756 e. The van der Waals surface area contributed by atoms with Gasteiger partial charge in [0.25, 0.3) is 0 Å². The molecule has 1 aromatic rings. The highest BCUT2D eigenvalue weighted by molar-refractivity contribution is 5.50. The molecular formula is C14H16N2. The van der Waals surface area contributed by atoms with Crippen LogP contribution in [0.25, 0.3) is 6.08 Å². The summed E-state index contributed by atoms with van der Waals surface area (Å²) < 4.78 is 0. The Labute approximate surface area is 96.6 Å². The third kappa shape index (κ3) is 2.49. The quantitative estimate of drug-likeness (QED) is 0.751. The minimum Gasteiger partial charge on any atom is -0.265 e. The number of nitrogens with zero attached hydrogens (tertiary/aromatic N) is 2. The van der Waals surface area contributed by atoms with Crippen molar-refractivity contribution in [1.29, 1.82) is 5.26 Å². The first-order valence-corrected chi connectivity index (χ1v) is 5.85. The third-order valence-corrected chi connectivity index (χ3v) is 3.27. The van der Waals surface area contributed by atoms with Crippen molar-refractivity contribution >= 4 is 6.08 Å². The van der Waals surface area contributed by atoms with E-state index in [1.807, 2.05) is 12.1 Å². The molecule has 1 aliphatic rings. The van der Waals surface area contributed by atoms with Crippen LogP contribution in [-0.4, -0.2) is 4.98 Å². The van der Waals surface area contributed by atoms with Crippen LogP contribution in [0.2, 0.25) is 0 Å². The van der Waals surface area contributed by atoms with Gasteiger partial charge in [0.1, 0.15) is 0 Å². The van der Waals surface area contributed by atoms with E-state index in [0.717, 1.165) is 18.4 Å². The summed E-state index contributed by atoms with van der Waals surface area (Å²) in [5.41, 5.74) is 0.900. The number of allylic oxidation sites excluding steroid dienone is 1. The fraction of sp³-hybridized carbons (Fsp3) is 0.429. The summed E-state index contributed by atoms with van der Waals surface area (Å²) in [6.45, 7) is 0. The second-order valence-electron chi connectivity index (χ2n) is 4.44. The second kappa shape index (κ2) is 4.94. The van der Waals surface area contributed by atoms with E-state index in [9.17, 15) is 5.26 Å². The van der Waals surface area contributed by atoms with Gasteiger partial charge in [-0.05, 0) is 30.5 Å². The molecule has 0 aromatic carbocycles. The Balaban J connectivity index is 2.13. The molecule has 2 rings (SSSR count). The zero-order chi connectivity index (χ0) is 11.3. The van der Waals surface area contributed by atoms with Gasteiger partial charge in [-0.15, -0.1) is 0 Å². The maximum Gasteiger partial charge on any atom is 0.0756 e. The SMILES string of the molecule is N#CC1(/C=C/c2ccncc2)CCCCC1. The van der Waals surface area contributed by atoms with Crippen LogP contribution in [-0.2, 0) is 0 Å². The van der Waals surface area contributed by atoms with Crippen LogP contribution in [0, 0.1) is 16.7 Å². The standard InChI is InChI=1S/C14H16N2/c15-12-14(7-2-1-3-8-14)9-4-13-5-10-16-11-6-13/h4-6,9-11H,1-3,7-8H2/b9-4+. The van der Waals surface area contributed by atoms with Crippen molar-refractivity contribution in [3.05, 3.63) is 36.2 Å². The Morgan fingerprint density at radius 1 is 1.19 bits per heavy atom. The molecule has 1 aliphatic carbocycles. The van der Waals surface area contributed by atoms with Gasteiger partial charge in [0, 0.05) is 12.4 Å². The summed E-state index contributed by atoms with van der Waals surface area (Å²) in [7, 11) is 0. The maximum atomic E-state index is 9.31. The summed E-state index contributed by atoms with van der Waals surface area (Å²) in [5, 5.41) is 9.31. The highest BCUT2D eigenvalue weighted by Crippen LogP contribution is 2.37. The van der Waals surface area contributed by atoms with Crippen molar-refractivity contribution in [1.82, 2.24) is 4.98 Å². The van der Waals surface area contributed by atoms with Crippen LogP contribution in [0.15, 0.2) is 30.6 Å². The maximum absolute atomic E-state index is 9.31. The summed E-state index contributed by atoms with van der Waals surface area (Å²) >= 11 is 0. The Morgan fingerprint density at radius 2 is 1.88 bits per heavy atom. The largest absolute Gasteiger partial charge is 0.265 e. The van der Waals surface area contributed by atoms with Gasteiger partial charge in [0.15, 0.2) is 0 Å². The molecule has 0 amide bonds. The lowest BCUT2D eigenvalue weighted by molar-refractivity contribution is 0.337. The van der Waals surface area contributed by atoms with E-state index in [-0.39, 0.29) is 5.41 Å². The van der Waals surface area contributed by atoms with E-state index in [0.29, 0.717) is 0 Å². The average molecular weight is 212 g/mol. The average Bonchev–Trinajstić information content (AvgIpc) is 2.39. The number of rotatable bonds is 2. The van der Waals surface area contributed by atoms with Crippen LogP contribution in [0.1, 0.15) is 37.7 Å². The zero-order valence-corrected chi connectivity index (χ0v) is 9.39. The van der Waals surface area contributed by atoms with E-state index in [1.165, 1.54) is 19.3 Å². The molecule has 1 aromatic heterocycles. The van der Waals surface area contributed by atoms with Crippen LogP contribution in [0.5, 0.6) is 0 Å². The number of pyridine rings is 1. The van der Waals surface area contributed by atoms with E-state index >= 15 is 0 Å². The first-order chi connectivity index (χ1) is 7.85. The first kappa shape index (κ1) is 10.9. The molecule has 1 fully saturated rings. The lowest BCUT2D eigenvalue weighted by Crippen LogP contribution is -2.18.